The molecule has 0 aliphatic carbocycles. The van der Waals surface area contributed by atoms with Gasteiger partial charge in [0, 0.05) is 48.0 Å². The first-order chi connectivity index (χ1) is 12.8. The summed E-state index contributed by atoms with van der Waals surface area (Å²) in [5.74, 6) is 0.572. The Bertz CT molecular complexity index is 1000. The number of hydrogen-bond acceptors (Lipinski definition) is 7. The molecule has 4 aromatic heterocycles. The molecule has 0 aliphatic heterocycles. The minimum absolute atomic E-state index is 0.572. The summed E-state index contributed by atoms with van der Waals surface area (Å²) < 4.78 is 0. The van der Waals surface area contributed by atoms with Gasteiger partial charge in [0.1, 0.15) is 0 Å². The lowest BCUT2D eigenvalue weighted by atomic mass is 10.1. The molecule has 0 radical (unpaired) electrons. The highest BCUT2D eigenvalue weighted by Crippen LogP contribution is 2.33. The van der Waals surface area contributed by atoms with Crippen LogP contribution < -0.4 is 5.32 Å². The monoisotopic (exact) mass is 360 g/mol. The molecule has 0 atom stereocenters. The van der Waals surface area contributed by atoms with E-state index in [0.717, 1.165) is 27.4 Å². The maximum atomic E-state index is 4.75. The largest absolute Gasteiger partial charge is 0.350 e. The molecule has 0 spiro atoms. The molecule has 0 bridgehead atoms. The molecule has 1 N–H and O–H groups in total. The topological polar surface area (TPSA) is 76.5 Å². The van der Waals surface area contributed by atoms with Gasteiger partial charge in [0.15, 0.2) is 0 Å². The van der Waals surface area contributed by atoms with Crippen LogP contribution in [0.2, 0.25) is 0 Å². The zero-order valence-electron chi connectivity index (χ0n) is 14.1. The summed E-state index contributed by atoms with van der Waals surface area (Å²) in [6, 6.07) is 8.09. The second-order valence-electron chi connectivity index (χ2n) is 5.67. The Morgan fingerprint density at radius 2 is 1.88 bits per heavy atom. The van der Waals surface area contributed by atoms with Gasteiger partial charge in [0.2, 0.25) is 5.95 Å². The number of thiophene rings is 1. The second kappa shape index (κ2) is 7.37. The van der Waals surface area contributed by atoms with Crippen LogP contribution in [0, 0.1) is 6.92 Å². The van der Waals surface area contributed by atoms with Crippen LogP contribution in [-0.2, 0) is 6.54 Å². The lowest BCUT2D eigenvalue weighted by Gasteiger charge is -2.10. The molecule has 0 saturated carbocycles. The second-order valence-corrected chi connectivity index (χ2v) is 6.96. The van der Waals surface area contributed by atoms with Crippen LogP contribution in [0.3, 0.4) is 0 Å². The number of pyridine rings is 1. The number of anilines is 1. The number of aryl methyl sites for hydroxylation is 1. The minimum atomic E-state index is 0.572. The fraction of sp³-hybridized carbons (Fsp3) is 0.105. The van der Waals surface area contributed by atoms with Crippen LogP contribution in [0.1, 0.15) is 10.4 Å². The molecule has 4 aromatic rings. The SMILES string of the molecule is Cc1ccc(-c2nc(NCc3cccnc3)ncc2-c2cnccn2)s1. The molecule has 128 valence electrons. The molecule has 26 heavy (non-hydrogen) atoms. The van der Waals surface area contributed by atoms with Crippen molar-refractivity contribution in [1.82, 2.24) is 24.9 Å². The molecule has 4 rings (SSSR count). The van der Waals surface area contributed by atoms with Crippen LogP contribution in [0.25, 0.3) is 21.8 Å². The lowest BCUT2D eigenvalue weighted by molar-refractivity contribution is 1.04. The summed E-state index contributed by atoms with van der Waals surface area (Å²) in [6.45, 7) is 2.69. The fourth-order valence-corrected chi connectivity index (χ4v) is 3.40. The van der Waals surface area contributed by atoms with Crippen molar-refractivity contribution < 1.29 is 0 Å². The van der Waals surface area contributed by atoms with Crippen molar-refractivity contribution in [2.24, 2.45) is 0 Å². The molecule has 0 aliphatic rings. The Morgan fingerprint density at radius 3 is 2.62 bits per heavy atom. The van der Waals surface area contributed by atoms with E-state index in [2.05, 4.69) is 44.3 Å². The first-order valence-electron chi connectivity index (χ1n) is 8.12. The lowest BCUT2D eigenvalue weighted by Crippen LogP contribution is -2.05. The van der Waals surface area contributed by atoms with Gasteiger partial charge in [-0.25, -0.2) is 9.97 Å². The van der Waals surface area contributed by atoms with Crippen molar-refractivity contribution in [3.63, 3.8) is 0 Å². The van der Waals surface area contributed by atoms with Crippen molar-refractivity contribution in [1.29, 1.82) is 0 Å². The van der Waals surface area contributed by atoms with Gasteiger partial charge in [0.05, 0.1) is 22.5 Å². The number of aromatic nitrogens is 5. The number of nitrogens with zero attached hydrogens (tertiary/aromatic N) is 5. The summed E-state index contributed by atoms with van der Waals surface area (Å²) in [7, 11) is 0. The standard InChI is InChI=1S/C19H16N6S/c1-13-4-5-17(26-13)18-15(16-12-21-7-8-22-16)11-24-19(25-18)23-10-14-3-2-6-20-9-14/h2-9,11-12H,10H2,1H3,(H,23,24,25). The first kappa shape index (κ1) is 16.3. The van der Waals surface area contributed by atoms with Crippen LogP contribution in [-0.4, -0.2) is 24.9 Å². The van der Waals surface area contributed by atoms with Gasteiger partial charge >= 0.3 is 0 Å². The average molecular weight is 360 g/mol. The molecular formula is C19H16N6S. The average Bonchev–Trinajstić information content (AvgIpc) is 3.14. The van der Waals surface area contributed by atoms with Gasteiger partial charge in [0.25, 0.3) is 0 Å². The van der Waals surface area contributed by atoms with E-state index in [0.29, 0.717) is 12.5 Å². The highest BCUT2D eigenvalue weighted by Gasteiger charge is 2.14. The van der Waals surface area contributed by atoms with E-state index in [9.17, 15) is 0 Å². The van der Waals surface area contributed by atoms with E-state index in [1.807, 2.05) is 18.3 Å². The van der Waals surface area contributed by atoms with E-state index < -0.39 is 0 Å². The first-order valence-corrected chi connectivity index (χ1v) is 8.94. The third kappa shape index (κ3) is 3.57. The number of rotatable bonds is 5. The third-order valence-corrected chi connectivity index (χ3v) is 4.78. The molecule has 0 unspecified atom stereocenters. The minimum Gasteiger partial charge on any atom is -0.350 e. The third-order valence-electron chi connectivity index (χ3n) is 3.78. The Hall–Kier alpha value is -3.19. The van der Waals surface area contributed by atoms with E-state index in [1.165, 1.54) is 4.88 Å². The molecule has 0 aromatic carbocycles. The maximum absolute atomic E-state index is 4.75. The van der Waals surface area contributed by atoms with Gasteiger partial charge in [-0.1, -0.05) is 6.07 Å². The van der Waals surface area contributed by atoms with E-state index in [4.69, 9.17) is 4.98 Å². The van der Waals surface area contributed by atoms with Crippen molar-refractivity contribution in [2.75, 3.05) is 5.32 Å². The van der Waals surface area contributed by atoms with Gasteiger partial charge in [-0.3, -0.25) is 15.0 Å². The van der Waals surface area contributed by atoms with Gasteiger partial charge in [-0.2, -0.15) is 0 Å². The Balaban J connectivity index is 1.70. The summed E-state index contributed by atoms with van der Waals surface area (Å²) >= 11 is 1.70. The van der Waals surface area contributed by atoms with Gasteiger partial charge < -0.3 is 5.32 Å². The van der Waals surface area contributed by atoms with Crippen molar-refractivity contribution >= 4 is 17.3 Å². The highest BCUT2D eigenvalue weighted by atomic mass is 32.1. The molecule has 0 saturated heterocycles. The van der Waals surface area contributed by atoms with Crippen LogP contribution >= 0.6 is 11.3 Å². The van der Waals surface area contributed by atoms with Gasteiger partial charge in [-0.15, -0.1) is 11.3 Å². The maximum Gasteiger partial charge on any atom is 0.223 e. The van der Waals surface area contributed by atoms with E-state index in [1.54, 1.807) is 42.3 Å². The molecule has 7 heteroatoms. The van der Waals surface area contributed by atoms with E-state index in [-0.39, 0.29) is 0 Å². The summed E-state index contributed by atoms with van der Waals surface area (Å²) in [6.07, 6.45) is 10.4. The van der Waals surface area contributed by atoms with Crippen molar-refractivity contribution in [3.8, 4) is 21.8 Å². The van der Waals surface area contributed by atoms with Crippen molar-refractivity contribution in [2.45, 2.75) is 13.5 Å². The van der Waals surface area contributed by atoms with Crippen molar-refractivity contribution in [3.05, 3.63) is 71.9 Å². The Morgan fingerprint density at radius 1 is 0.962 bits per heavy atom. The molecule has 0 amide bonds. The zero-order valence-corrected chi connectivity index (χ0v) is 14.9. The number of hydrogen-bond donors (Lipinski definition) is 1. The predicted octanol–water partition coefficient (Wildman–Crippen LogP) is 3.98. The van der Waals surface area contributed by atoms with E-state index >= 15 is 0 Å². The molecular weight excluding hydrogens is 344 g/mol. The van der Waals surface area contributed by atoms with Crippen LogP contribution in [0.15, 0.2) is 61.4 Å². The Labute approximate surface area is 155 Å². The smallest absolute Gasteiger partial charge is 0.223 e. The highest BCUT2D eigenvalue weighted by molar-refractivity contribution is 7.15. The van der Waals surface area contributed by atoms with Crippen LogP contribution in [0.4, 0.5) is 5.95 Å². The summed E-state index contributed by atoms with van der Waals surface area (Å²) in [4.78, 5) is 24.2. The molecule has 0 fully saturated rings. The molecule has 4 heterocycles. The quantitative estimate of drug-likeness (QED) is 0.580. The summed E-state index contributed by atoms with van der Waals surface area (Å²) in [5.41, 5.74) is 3.55. The predicted molar refractivity (Wildman–Crippen MR) is 103 cm³/mol. The van der Waals surface area contributed by atoms with Gasteiger partial charge in [-0.05, 0) is 30.7 Å². The number of nitrogens with one attached hydrogen (secondary N) is 1. The Kier molecular flexibility index (Phi) is 4.61. The zero-order chi connectivity index (χ0) is 17.8. The normalized spacial score (nSPS) is 10.7. The fourth-order valence-electron chi connectivity index (χ4n) is 2.53. The molecule has 6 nitrogen and oxygen atoms in total. The summed E-state index contributed by atoms with van der Waals surface area (Å²) in [5, 5.41) is 3.26. The van der Waals surface area contributed by atoms with Crippen LogP contribution in [0.5, 0.6) is 0 Å².